The molecule has 1 aromatic carbocycles. The number of nitrogens with one attached hydrogen (secondary N) is 1. The zero-order chi connectivity index (χ0) is 13.0. The van der Waals surface area contributed by atoms with Crippen molar-refractivity contribution in [2.24, 2.45) is 11.7 Å². The number of benzene rings is 1. The van der Waals surface area contributed by atoms with Crippen molar-refractivity contribution in [2.45, 2.75) is 19.9 Å². The van der Waals surface area contributed by atoms with E-state index in [0.29, 0.717) is 10.6 Å². The molecule has 0 heterocycles. The second-order valence-electron chi connectivity index (χ2n) is 4.10. The molecule has 17 heavy (non-hydrogen) atoms. The van der Waals surface area contributed by atoms with Crippen LogP contribution < -0.4 is 11.1 Å². The van der Waals surface area contributed by atoms with Crippen molar-refractivity contribution in [3.05, 3.63) is 34.9 Å². The third-order valence-corrected chi connectivity index (χ3v) is 2.62. The van der Waals surface area contributed by atoms with Gasteiger partial charge in [0.1, 0.15) is 6.04 Å². The van der Waals surface area contributed by atoms with E-state index in [9.17, 15) is 9.59 Å². The van der Waals surface area contributed by atoms with Crippen molar-refractivity contribution in [1.82, 2.24) is 5.32 Å². The van der Waals surface area contributed by atoms with E-state index in [1.54, 1.807) is 24.3 Å². The predicted octanol–water partition coefficient (Wildman–Crippen LogP) is 1.58. The molecular formula is C12H15ClN2O2. The molecule has 0 saturated carbocycles. The number of amides is 2. The Labute approximate surface area is 105 Å². The van der Waals surface area contributed by atoms with Gasteiger partial charge in [0.25, 0.3) is 5.91 Å². The Hall–Kier alpha value is -1.55. The van der Waals surface area contributed by atoms with Crippen LogP contribution in [-0.2, 0) is 4.79 Å². The van der Waals surface area contributed by atoms with Crippen LogP contribution in [-0.4, -0.2) is 17.9 Å². The highest BCUT2D eigenvalue weighted by Gasteiger charge is 2.21. The number of hydrogen-bond donors (Lipinski definition) is 2. The van der Waals surface area contributed by atoms with Gasteiger partial charge in [0.05, 0.1) is 0 Å². The Morgan fingerprint density at radius 2 is 1.76 bits per heavy atom. The second kappa shape index (κ2) is 5.68. The highest BCUT2D eigenvalue weighted by molar-refractivity contribution is 6.30. The van der Waals surface area contributed by atoms with Gasteiger partial charge in [-0.15, -0.1) is 0 Å². The van der Waals surface area contributed by atoms with Gasteiger partial charge in [0.2, 0.25) is 5.91 Å². The average Bonchev–Trinajstić information content (AvgIpc) is 2.25. The van der Waals surface area contributed by atoms with Crippen molar-refractivity contribution < 1.29 is 9.59 Å². The molecule has 1 atom stereocenters. The van der Waals surface area contributed by atoms with Crippen LogP contribution in [0.15, 0.2) is 24.3 Å². The lowest BCUT2D eigenvalue weighted by molar-refractivity contribution is -0.120. The minimum absolute atomic E-state index is 0.0521. The van der Waals surface area contributed by atoms with Crippen LogP contribution >= 0.6 is 11.6 Å². The Balaban J connectivity index is 2.77. The van der Waals surface area contributed by atoms with Crippen LogP contribution in [0.5, 0.6) is 0 Å². The Morgan fingerprint density at radius 1 is 1.24 bits per heavy atom. The molecule has 1 rings (SSSR count). The first-order chi connectivity index (χ1) is 7.91. The summed E-state index contributed by atoms with van der Waals surface area (Å²) >= 11 is 5.72. The average molecular weight is 255 g/mol. The molecule has 0 aliphatic rings. The number of rotatable bonds is 4. The fourth-order valence-electron chi connectivity index (χ4n) is 1.39. The van der Waals surface area contributed by atoms with Gasteiger partial charge in [-0.25, -0.2) is 0 Å². The van der Waals surface area contributed by atoms with Crippen LogP contribution in [0.25, 0.3) is 0 Å². The van der Waals surface area contributed by atoms with Gasteiger partial charge in [0.15, 0.2) is 0 Å². The first-order valence-electron chi connectivity index (χ1n) is 5.27. The third kappa shape index (κ3) is 3.75. The Kier molecular flexibility index (Phi) is 4.52. The van der Waals surface area contributed by atoms with Crippen molar-refractivity contribution in [3.8, 4) is 0 Å². The van der Waals surface area contributed by atoms with E-state index < -0.39 is 11.9 Å². The predicted molar refractivity (Wildman–Crippen MR) is 66.7 cm³/mol. The molecule has 92 valence electrons. The molecule has 0 aliphatic carbocycles. The van der Waals surface area contributed by atoms with Gasteiger partial charge < -0.3 is 11.1 Å². The van der Waals surface area contributed by atoms with Crippen LogP contribution in [0, 0.1) is 5.92 Å². The van der Waals surface area contributed by atoms with Gasteiger partial charge in [-0.2, -0.15) is 0 Å². The molecule has 0 aromatic heterocycles. The Bertz CT molecular complexity index is 415. The van der Waals surface area contributed by atoms with Gasteiger partial charge >= 0.3 is 0 Å². The summed E-state index contributed by atoms with van der Waals surface area (Å²) in [5, 5.41) is 3.15. The summed E-state index contributed by atoms with van der Waals surface area (Å²) in [5.41, 5.74) is 5.66. The Morgan fingerprint density at radius 3 is 2.18 bits per heavy atom. The summed E-state index contributed by atoms with van der Waals surface area (Å²) in [5.74, 6) is -0.926. The number of nitrogens with two attached hydrogens (primary N) is 1. The SMILES string of the molecule is CC(C)[C@@H](NC(=O)c1ccc(Cl)cc1)C(N)=O. The maximum Gasteiger partial charge on any atom is 0.251 e. The highest BCUT2D eigenvalue weighted by atomic mass is 35.5. The summed E-state index contributed by atoms with van der Waals surface area (Å²) in [6.07, 6.45) is 0. The lowest BCUT2D eigenvalue weighted by Crippen LogP contribution is -2.47. The maximum atomic E-state index is 11.8. The van der Waals surface area contributed by atoms with Crippen molar-refractivity contribution in [2.75, 3.05) is 0 Å². The molecule has 3 N–H and O–H groups in total. The van der Waals surface area contributed by atoms with Gasteiger partial charge in [0, 0.05) is 10.6 Å². The molecule has 0 fully saturated rings. The molecule has 0 spiro atoms. The molecule has 0 bridgehead atoms. The monoisotopic (exact) mass is 254 g/mol. The van der Waals surface area contributed by atoms with Crippen molar-refractivity contribution in [1.29, 1.82) is 0 Å². The number of carbonyl (C=O) groups is 2. The third-order valence-electron chi connectivity index (χ3n) is 2.37. The molecule has 0 radical (unpaired) electrons. The maximum absolute atomic E-state index is 11.8. The zero-order valence-electron chi connectivity index (χ0n) is 9.74. The van der Waals surface area contributed by atoms with E-state index in [2.05, 4.69) is 5.32 Å². The summed E-state index contributed by atoms with van der Waals surface area (Å²) in [7, 11) is 0. The van der Waals surface area contributed by atoms with E-state index >= 15 is 0 Å². The molecule has 2 amide bonds. The van der Waals surface area contributed by atoms with Gasteiger partial charge in [-0.3, -0.25) is 9.59 Å². The van der Waals surface area contributed by atoms with E-state index in [-0.39, 0.29) is 11.8 Å². The normalized spacial score (nSPS) is 12.2. The largest absolute Gasteiger partial charge is 0.368 e. The molecule has 4 nitrogen and oxygen atoms in total. The van der Waals surface area contributed by atoms with Crippen LogP contribution in [0.2, 0.25) is 5.02 Å². The van der Waals surface area contributed by atoms with Crippen molar-refractivity contribution in [3.63, 3.8) is 0 Å². The zero-order valence-corrected chi connectivity index (χ0v) is 10.5. The summed E-state index contributed by atoms with van der Waals surface area (Å²) < 4.78 is 0. The van der Waals surface area contributed by atoms with Gasteiger partial charge in [-0.1, -0.05) is 25.4 Å². The summed E-state index contributed by atoms with van der Waals surface area (Å²) in [6, 6.07) is 5.75. The fourth-order valence-corrected chi connectivity index (χ4v) is 1.52. The topological polar surface area (TPSA) is 72.2 Å². The van der Waals surface area contributed by atoms with E-state index in [4.69, 9.17) is 17.3 Å². The number of primary amides is 1. The molecule has 1 aromatic rings. The minimum atomic E-state index is -0.668. The first-order valence-corrected chi connectivity index (χ1v) is 5.65. The standard InChI is InChI=1S/C12H15ClN2O2/c1-7(2)10(11(14)16)15-12(17)8-3-5-9(13)6-4-8/h3-7,10H,1-2H3,(H2,14,16)(H,15,17)/t10-/m1/s1. The lowest BCUT2D eigenvalue weighted by atomic mass is 10.0. The molecule has 0 saturated heterocycles. The lowest BCUT2D eigenvalue weighted by Gasteiger charge is -2.18. The minimum Gasteiger partial charge on any atom is -0.368 e. The van der Waals surface area contributed by atoms with E-state index in [0.717, 1.165) is 0 Å². The molecule has 0 aliphatic heterocycles. The van der Waals surface area contributed by atoms with E-state index in [1.165, 1.54) is 0 Å². The highest BCUT2D eigenvalue weighted by Crippen LogP contribution is 2.10. The van der Waals surface area contributed by atoms with Crippen LogP contribution in [0.1, 0.15) is 24.2 Å². The number of halogens is 1. The van der Waals surface area contributed by atoms with Crippen molar-refractivity contribution >= 4 is 23.4 Å². The molecular weight excluding hydrogens is 240 g/mol. The summed E-state index contributed by atoms with van der Waals surface area (Å²) in [4.78, 5) is 23.0. The van der Waals surface area contributed by atoms with Gasteiger partial charge in [-0.05, 0) is 30.2 Å². The molecule has 5 heteroatoms. The number of hydrogen-bond acceptors (Lipinski definition) is 2. The van der Waals surface area contributed by atoms with E-state index in [1.807, 2.05) is 13.8 Å². The quantitative estimate of drug-likeness (QED) is 0.856. The second-order valence-corrected chi connectivity index (χ2v) is 4.54. The molecule has 0 unspecified atom stereocenters. The summed E-state index contributed by atoms with van der Waals surface area (Å²) in [6.45, 7) is 3.63. The number of carbonyl (C=O) groups excluding carboxylic acids is 2. The van der Waals surface area contributed by atoms with Crippen LogP contribution in [0.4, 0.5) is 0 Å². The first kappa shape index (κ1) is 13.5. The van der Waals surface area contributed by atoms with Crippen LogP contribution in [0.3, 0.4) is 0 Å². The smallest absolute Gasteiger partial charge is 0.251 e. The fraction of sp³-hybridized carbons (Fsp3) is 0.333.